The Morgan fingerprint density at radius 1 is 1.07 bits per heavy atom. The Balaban J connectivity index is 1.52. The first-order valence-corrected chi connectivity index (χ1v) is 10.6. The number of nitrogens with zero attached hydrogens (tertiary/aromatic N) is 3. The van der Waals surface area contributed by atoms with E-state index in [0.29, 0.717) is 6.54 Å². The molecule has 140 valence electrons. The molecule has 0 aliphatic carbocycles. The van der Waals surface area contributed by atoms with Crippen LogP contribution in [0.25, 0.3) is 22.0 Å². The Morgan fingerprint density at radius 3 is 2.56 bits per heavy atom. The van der Waals surface area contributed by atoms with Crippen molar-refractivity contribution in [3.05, 3.63) is 53.0 Å². The summed E-state index contributed by atoms with van der Waals surface area (Å²) in [5, 5.41) is 3.69. The zero-order valence-electron chi connectivity index (χ0n) is 15.1. The van der Waals surface area contributed by atoms with Crippen LogP contribution in [0.4, 0.5) is 0 Å². The highest BCUT2D eigenvalue weighted by Crippen LogP contribution is 2.30. The number of benzene rings is 1. The van der Waals surface area contributed by atoms with Crippen LogP contribution in [0.3, 0.4) is 0 Å². The third kappa shape index (κ3) is 4.25. The fourth-order valence-corrected chi connectivity index (χ4v) is 4.45. The van der Waals surface area contributed by atoms with Crippen molar-refractivity contribution in [2.45, 2.75) is 32.2 Å². The van der Waals surface area contributed by atoms with E-state index in [9.17, 15) is 4.79 Å². The zero-order chi connectivity index (χ0) is 18.6. The number of halogens is 1. The van der Waals surface area contributed by atoms with E-state index in [4.69, 9.17) is 16.6 Å². The van der Waals surface area contributed by atoms with Crippen molar-refractivity contribution in [2.75, 3.05) is 13.1 Å². The van der Waals surface area contributed by atoms with Crippen molar-refractivity contribution in [1.29, 1.82) is 0 Å². The number of thiazole rings is 1. The molecule has 0 N–H and O–H groups in total. The van der Waals surface area contributed by atoms with Gasteiger partial charge < -0.3 is 9.47 Å². The summed E-state index contributed by atoms with van der Waals surface area (Å²) in [6.45, 7) is 2.14. The molecule has 0 unspecified atom stereocenters. The molecule has 27 heavy (non-hydrogen) atoms. The first-order chi connectivity index (χ1) is 13.2. The summed E-state index contributed by atoms with van der Waals surface area (Å²) in [4.78, 5) is 19.5. The molecule has 1 aromatic carbocycles. The van der Waals surface area contributed by atoms with Crippen LogP contribution in [0, 0.1) is 0 Å². The second kappa shape index (κ2) is 8.28. The van der Waals surface area contributed by atoms with Gasteiger partial charge in [-0.05, 0) is 37.1 Å². The van der Waals surface area contributed by atoms with Gasteiger partial charge in [-0.15, -0.1) is 11.3 Å². The van der Waals surface area contributed by atoms with Gasteiger partial charge in [-0.2, -0.15) is 0 Å². The average Bonchev–Trinajstić information content (AvgIpc) is 3.24. The molecule has 1 aliphatic heterocycles. The van der Waals surface area contributed by atoms with Crippen molar-refractivity contribution in [3.63, 3.8) is 0 Å². The molecule has 6 heteroatoms. The minimum absolute atomic E-state index is 0.198. The normalized spacial score (nSPS) is 14.9. The van der Waals surface area contributed by atoms with Crippen LogP contribution in [-0.4, -0.2) is 33.4 Å². The first kappa shape index (κ1) is 18.3. The largest absolute Gasteiger partial charge is 0.341 e. The van der Waals surface area contributed by atoms with Crippen molar-refractivity contribution in [3.8, 4) is 22.0 Å². The molecule has 4 nitrogen and oxygen atoms in total. The Morgan fingerprint density at radius 2 is 1.81 bits per heavy atom. The van der Waals surface area contributed by atoms with E-state index in [-0.39, 0.29) is 5.91 Å². The Hall–Kier alpha value is -2.11. The molecule has 0 atom stereocenters. The molecule has 0 saturated carbocycles. The number of amides is 1. The summed E-state index contributed by atoms with van der Waals surface area (Å²) in [6.07, 6.45) is 6.65. The highest BCUT2D eigenvalue weighted by Gasteiger charge is 2.18. The molecule has 0 bridgehead atoms. The van der Waals surface area contributed by atoms with Gasteiger partial charge >= 0.3 is 0 Å². The van der Waals surface area contributed by atoms with Gasteiger partial charge in [-0.1, -0.05) is 36.6 Å². The molecule has 0 spiro atoms. The monoisotopic (exact) mass is 399 g/mol. The minimum atomic E-state index is 0.198. The SMILES string of the molecule is O=C(Cn1cccc1-c1nc(-c2ccc(Cl)cc2)cs1)N1CCCCCC1. The predicted molar refractivity (Wildman–Crippen MR) is 111 cm³/mol. The van der Waals surface area contributed by atoms with E-state index in [1.807, 2.05) is 57.4 Å². The molecule has 3 heterocycles. The molecule has 2 aromatic heterocycles. The number of likely N-dealkylation sites (tertiary alicyclic amines) is 1. The highest BCUT2D eigenvalue weighted by molar-refractivity contribution is 7.13. The molecule has 1 fully saturated rings. The summed E-state index contributed by atoms with van der Waals surface area (Å²) in [5.41, 5.74) is 2.96. The Bertz CT molecular complexity index is 908. The van der Waals surface area contributed by atoms with E-state index in [1.165, 1.54) is 12.8 Å². The molecular weight excluding hydrogens is 378 g/mol. The molecule has 1 saturated heterocycles. The topological polar surface area (TPSA) is 38.1 Å². The maximum absolute atomic E-state index is 12.7. The molecule has 4 rings (SSSR count). The fraction of sp³-hybridized carbons (Fsp3) is 0.333. The van der Waals surface area contributed by atoms with Crippen LogP contribution in [0.5, 0.6) is 0 Å². The Labute approximate surface area is 168 Å². The number of carbonyl (C=O) groups is 1. The predicted octanol–water partition coefficient (Wildman–Crippen LogP) is 5.33. The maximum atomic E-state index is 12.7. The lowest BCUT2D eigenvalue weighted by Gasteiger charge is -2.21. The van der Waals surface area contributed by atoms with Crippen LogP contribution in [0.1, 0.15) is 25.7 Å². The van der Waals surface area contributed by atoms with Gasteiger partial charge in [-0.25, -0.2) is 4.98 Å². The Kier molecular flexibility index (Phi) is 5.60. The summed E-state index contributed by atoms with van der Waals surface area (Å²) >= 11 is 7.57. The van der Waals surface area contributed by atoms with Crippen LogP contribution in [0.15, 0.2) is 48.0 Å². The van der Waals surface area contributed by atoms with Crippen molar-refractivity contribution >= 4 is 28.8 Å². The minimum Gasteiger partial charge on any atom is -0.341 e. The van der Waals surface area contributed by atoms with Crippen LogP contribution in [-0.2, 0) is 11.3 Å². The summed E-state index contributed by atoms with van der Waals surface area (Å²) in [5.74, 6) is 0.198. The van der Waals surface area contributed by atoms with Gasteiger partial charge in [-0.3, -0.25) is 4.79 Å². The lowest BCUT2D eigenvalue weighted by atomic mass is 10.2. The standard InChI is InChI=1S/C21H22ClN3OS/c22-17-9-7-16(8-10-17)18-15-27-21(23-18)19-6-5-13-25(19)14-20(26)24-11-3-1-2-4-12-24/h5-10,13,15H,1-4,11-12,14H2. The second-order valence-corrected chi connectivity index (χ2v) is 8.16. The van der Waals surface area contributed by atoms with E-state index >= 15 is 0 Å². The van der Waals surface area contributed by atoms with Gasteiger partial charge in [0.2, 0.25) is 5.91 Å². The lowest BCUT2D eigenvalue weighted by molar-refractivity contribution is -0.131. The fourth-order valence-electron chi connectivity index (χ4n) is 3.46. The van der Waals surface area contributed by atoms with Gasteiger partial charge in [0.05, 0.1) is 11.4 Å². The third-order valence-electron chi connectivity index (χ3n) is 4.96. The zero-order valence-corrected chi connectivity index (χ0v) is 16.7. The van der Waals surface area contributed by atoms with E-state index < -0.39 is 0 Å². The van der Waals surface area contributed by atoms with E-state index in [1.54, 1.807) is 11.3 Å². The van der Waals surface area contributed by atoms with Crippen LogP contribution >= 0.6 is 22.9 Å². The summed E-state index contributed by atoms with van der Waals surface area (Å²) in [6, 6.07) is 11.7. The summed E-state index contributed by atoms with van der Waals surface area (Å²) < 4.78 is 2.01. The summed E-state index contributed by atoms with van der Waals surface area (Å²) in [7, 11) is 0. The number of rotatable bonds is 4. The quantitative estimate of drug-likeness (QED) is 0.594. The smallest absolute Gasteiger partial charge is 0.242 e. The van der Waals surface area contributed by atoms with E-state index in [2.05, 4.69) is 0 Å². The van der Waals surface area contributed by atoms with Gasteiger partial charge in [0.25, 0.3) is 0 Å². The number of carbonyl (C=O) groups excluding carboxylic acids is 1. The van der Waals surface area contributed by atoms with Crippen LogP contribution < -0.4 is 0 Å². The lowest BCUT2D eigenvalue weighted by Crippen LogP contribution is -2.34. The molecule has 3 aromatic rings. The second-order valence-electron chi connectivity index (χ2n) is 6.86. The van der Waals surface area contributed by atoms with Gasteiger partial charge in [0.1, 0.15) is 11.6 Å². The van der Waals surface area contributed by atoms with Crippen LogP contribution in [0.2, 0.25) is 5.02 Å². The van der Waals surface area contributed by atoms with Crippen molar-refractivity contribution in [1.82, 2.24) is 14.5 Å². The number of hydrogen-bond acceptors (Lipinski definition) is 3. The molecular formula is C21H22ClN3OS. The molecule has 1 aliphatic rings. The molecule has 0 radical (unpaired) electrons. The number of hydrogen-bond donors (Lipinski definition) is 0. The van der Waals surface area contributed by atoms with Gasteiger partial charge in [0.15, 0.2) is 0 Å². The molecule has 1 amide bonds. The first-order valence-electron chi connectivity index (χ1n) is 9.35. The van der Waals surface area contributed by atoms with Crippen molar-refractivity contribution in [2.24, 2.45) is 0 Å². The maximum Gasteiger partial charge on any atom is 0.242 e. The number of aromatic nitrogens is 2. The van der Waals surface area contributed by atoms with Crippen molar-refractivity contribution < 1.29 is 4.79 Å². The third-order valence-corrected chi connectivity index (χ3v) is 6.07. The average molecular weight is 400 g/mol. The highest BCUT2D eigenvalue weighted by atomic mass is 35.5. The van der Waals surface area contributed by atoms with E-state index in [0.717, 1.165) is 52.9 Å². The van der Waals surface area contributed by atoms with Gasteiger partial charge in [0, 0.05) is 35.3 Å².